The molecule has 2 rings (SSSR count). The second kappa shape index (κ2) is 7.13. The van der Waals surface area contributed by atoms with E-state index in [2.05, 4.69) is 10.6 Å². The molecule has 5 nitrogen and oxygen atoms in total. The zero-order valence-corrected chi connectivity index (χ0v) is 12.1. The summed E-state index contributed by atoms with van der Waals surface area (Å²) >= 11 is 5.80. The molecule has 0 spiro atoms. The molecule has 21 heavy (non-hydrogen) atoms. The fourth-order valence-corrected chi connectivity index (χ4v) is 2.31. The summed E-state index contributed by atoms with van der Waals surface area (Å²) in [6, 6.07) is 6.95. The predicted molar refractivity (Wildman–Crippen MR) is 80.4 cm³/mol. The number of rotatable bonds is 5. The van der Waals surface area contributed by atoms with Crippen LogP contribution in [-0.2, 0) is 11.2 Å². The average molecular weight is 309 g/mol. The maximum absolute atomic E-state index is 11.7. The van der Waals surface area contributed by atoms with Crippen LogP contribution in [0.4, 0.5) is 4.79 Å². The Morgan fingerprint density at radius 3 is 2.57 bits per heavy atom. The highest BCUT2D eigenvalue weighted by molar-refractivity contribution is 6.30. The molecule has 1 aromatic rings. The summed E-state index contributed by atoms with van der Waals surface area (Å²) in [5.74, 6) is -1.37. The van der Waals surface area contributed by atoms with Crippen LogP contribution in [0.15, 0.2) is 36.4 Å². The van der Waals surface area contributed by atoms with Crippen molar-refractivity contribution in [2.75, 3.05) is 6.54 Å². The van der Waals surface area contributed by atoms with E-state index >= 15 is 0 Å². The van der Waals surface area contributed by atoms with E-state index < -0.39 is 11.9 Å². The van der Waals surface area contributed by atoms with Gasteiger partial charge in [-0.25, -0.2) is 4.79 Å². The number of urea groups is 1. The highest BCUT2D eigenvalue weighted by atomic mass is 35.5. The lowest BCUT2D eigenvalue weighted by atomic mass is 10.1. The molecule has 0 aliphatic heterocycles. The van der Waals surface area contributed by atoms with Crippen LogP contribution in [0, 0.1) is 5.92 Å². The summed E-state index contributed by atoms with van der Waals surface area (Å²) in [6.45, 7) is 0.506. The molecule has 0 radical (unpaired) electrons. The number of hydrogen-bond acceptors (Lipinski definition) is 2. The predicted octanol–water partition coefficient (Wildman–Crippen LogP) is 2.21. The van der Waals surface area contributed by atoms with Crippen molar-refractivity contribution in [3.8, 4) is 0 Å². The molecule has 1 aliphatic rings. The number of carbonyl (C=O) groups is 2. The lowest BCUT2D eigenvalue weighted by molar-refractivity contribution is -0.140. The van der Waals surface area contributed by atoms with Crippen LogP contribution in [0.5, 0.6) is 0 Å². The van der Waals surface area contributed by atoms with Crippen molar-refractivity contribution in [3.05, 3.63) is 47.0 Å². The molecule has 112 valence electrons. The minimum atomic E-state index is -0.862. The summed E-state index contributed by atoms with van der Waals surface area (Å²) in [5.41, 5.74) is 1.09. The van der Waals surface area contributed by atoms with Crippen molar-refractivity contribution in [1.82, 2.24) is 10.6 Å². The monoisotopic (exact) mass is 308 g/mol. The minimum Gasteiger partial charge on any atom is -0.481 e. The zero-order valence-electron chi connectivity index (χ0n) is 11.4. The summed E-state index contributed by atoms with van der Waals surface area (Å²) in [6.07, 6.45) is 4.45. The number of halogens is 1. The van der Waals surface area contributed by atoms with Gasteiger partial charge in [-0.1, -0.05) is 35.9 Å². The lowest BCUT2D eigenvalue weighted by Gasteiger charge is -2.13. The smallest absolute Gasteiger partial charge is 0.315 e. The first-order valence-electron chi connectivity index (χ1n) is 6.74. The molecule has 2 unspecified atom stereocenters. The molecule has 0 aromatic heterocycles. The Bertz CT molecular complexity index is 542. The van der Waals surface area contributed by atoms with Gasteiger partial charge in [0.25, 0.3) is 0 Å². The number of carbonyl (C=O) groups excluding carboxylic acids is 1. The molecule has 0 heterocycles. The van der Waals surface area contributed by atoms with Crippen molar-refractivity contribution >= 4 is 23.6 Å². The first kappa shape index (κ1) is 15.4. The summed E-state index contributed by atoms with van der Waals surface area (Å²) in [7, 11) is 0. The van der Waals surface area contributed by atoms with E-state index in [0.717, 1.165) is 5.56 Å². The number of benzene rings is 1. The molecule has 3 N–H and O–H groups in total. The van der Waals surface area contributed by atoms with Crippen LogP contribution in [0.1, 0.15) is 12.0 Å². The van der Waals surface area contributed by atoms with Gasteiger partial charge in [0.2, 0.25) is 0 Å². The van der Waals surface area contributed by atoms with Gasteiger partial charge in [-0.05, 0) is 30.5 Å². The normalized spacial score (nSPS) is 20.2. The van der Waals surface area contributed by atoms with Gasteiger partial charge in [-0.2, -0.15) is 0 Å². The third-order valence-corrected chi connectivity index (χ3v) is 3.58. The van der Waals surface area contributed by atoms with Gasteiger partial charge >= 0.3 is 12.0 Å². The first-order valence-corrected chi connectivity index (χ1v) is 7.12. The van der Waals surface area contributed by atoms with Gasteiger partial charge < -0.3 is 15.7 Å². The van der Waals surface area contributed by atoms with Crippen LogP contribution in [-0.4, -0.2) is 29.7 Å². The van der Waals surface area contributed by atoms with Gasteiger partial charge in [0.1, 0.15) is 0 Å². The highest BCUT2D eigenvalue weighted by Gasteiger charge is 2.25. The molecule has 2 amide bonds. The molecular weight excluding hydrogens is 292 g/mol. The summed E-state index contributed by atoms with van der Waals surface area (Å²) in [4.78, 5) is 22.5. The molecule has 0 fully saturated rings. The number of carboxylic acids is 1. The SMILES string of the molecule is O=C(NCCc1ccc(Cl)cc1)NC1C=CC(C(=O)O)C1. The fourth-order valence-electron chi connectivity index (χ4n) is 2.18. The van der Waals surface area contributed by atoms with E-state index in [9.17, 15) is 9.59 Å². The van der Waals surface area contributed by atoms with Crippen molar-refractivity contribution in [2.45, 2.75) is 18.9 Å². The van der Waals surface area contributed by atoms with E-state index in [-0.39, 0.29) is 12.1 Å². The van der Waals surface area contributed by atoms with E-state index in [1.54, 1.807) is 12.2 Å². The Morgan fingerprint density at radius 1 is 1.24 bits per heavy atom. The number of carboxylic acid groups (broad SMARTS) is 1. The van der Waals surface area contributed by atoms with Crippen LogP contribution >= 0.6 is 11.6 Å². The molecule has 0 saturated carbocycles. The van der Waals surface area contributed by atoms with Crippen LogP contribution < -0.4 is 10.6 Å². The third kappa shape index (κ3) is 4.79. The molecule has 0 bridgehead atoms. The Hall–Kier alpha value is -2.01. The van der Waals surface area contributed by atoms with Gasteiger partial charge in [0.15, 0.2) is 0 Å². The summed E-state index contributed by atoms with van der Waals surface area (Å²) < 4.78 is 0. The van der Waals surface area contributed by atoms with Gasteiger partial charge in [0, 0.05) is 11.6 Å². The quantitative estimate of drug-likeness (QED) is 0.730. The van der Waals surface area contributed by atoms with Crippen molar-refractivity contribution < 1.29 is 14.7 Å². The lowest BCUT2D eigenvalue weighted by Crippen LogP contribution is -2.41. The van der Waals surface area contributed by atoms with E-state index in [1.807, 2.05) is 24.3 Å². The fraction of sp³-hybridized carbons (Fsp3) is 0.333. The highest BCUT2D eigenvalue weighted by Crippen LogP contribution is 2.17. The van der Waals surface area contributed by atoms with Gasteiger partial charge in [-0.3, -0.25) is 4.79 Å². The number of amides is 2. The zero-order chi connectivity index (χ0) is 15.2. The largest absolute Gasteiger partial charge is 0.481 e. The number of hydrogen-bond donors (Lipinski definition) is 3. The minimum absolute atomic E-state index is 0.221. The first-order chi connectivity index (χ1) is 10.0. The van der Waals surface area contributed by atoms with Gasteiger partial charge in [0.05, 0.1) is 12.0 Å². The Balaban J connectivity index is 1.67. The molecule has 6 heteroatoms. The maximum Gasteiger partial charge on any atom is 0.315 e. The van der Waals surface area contributed by atoms with Crippen LogP contribution in [0.25, 0.3) is 0 Å². The van der Waals surface area contributed by atoms with Crippen molar-refractivity contribution in [3.63, 3.8) is 0 Å². The molecule has 1 aliphatic carbocycles. The second-order valence-corrected chi connectivity index (χ2v) is 5.38. The van der Waals surface area contributed by atoms with E-state index in [1.165, 1.54) is 0 Å². The van der Waals surface area contributed by atoms with Crippen LogP contribution in [0.3, 0.4) is 0 Å². The van der Waals surface area contributed by atoms with Gasteiger partial charge in [-0.15, -0.1) is 0 Å². The molecule has 1 aromatic carbocycles. The maximum atomic E-state index is 11.7. The number of nitrogens with one attached hydrogen (secondary N) is 2. The molecular formula is C15H17ClN2O3. The van der Waals surface area contributed by atoms with Crippen molar-refractivity contribution in [1.29, 1.82) is 0 Å². The standard InChI is InChI=1S/C15H17ClN2O3/c16-12-4-1-10(2-5-12)7-8-17-15(21)18-13-6-3-11(9-13)14(19)20/h1-6,11,13H,7-9H2,(H,19,20)(H2,17,18,21). The topological polar surface area (TPSA) is 78.4 Å². The molecule has 2 atom stereocenters. The Kier molecular flexibility index (Phi) is 5.22. The van der Waals surface area contributed by atoms with Crippen LogP contribution in [0.2, 0.25) is 5.02 Å². The third-order valence-electron chi connectivity index (χ3n) is 3.33. The summed E-state index contributed by atoms with van der Waals surface area (Å²) in [5, 5.41) is 15.0. The van der Waals surface area contributed by atoms with E-state index in [4.69, 9.17) is 16.7 Å². The average Bonchev–Trinajstić information content (AvgIpc) is 2.90. The molecule has 0 saturated heterocycles. The Labute approximate surface area is 128 Å². The van der Waals surface area contributed by atoms with E-state index in [0.29, 0.717) is 24.4 Å². The second-order valence-electron chi connectivity index (χ2n) is 4.95. The Morgan fingerprint density at radius 2 is 1.95 bits per heavy atom. The number of aliphatic carboxylic acids is 1. The van der Waals surface area contributed by atoms with Crippen molar-refractivity contribution in [2.24, 2.45) is 5.92 Å².